The summed E-state index contributed by atoms with van der Waals surface area (Å²) in [6, 6.07) is 15.0. The Bertz CT molecular complexity index is 868. The summed E-state index contributed by atoms with van der Waals surface area (Å²) in [5.74, 6) is 0.00511. The van der Waals surface area contributed by atoms with Gasteiger partial charge < -0.3 is 20.7 Å². The lowest BCUT2D eigenvalue weighted by molar-refractivity contribution is 0.0787. The summed E-state index contributed by atoms with van der Waals surface area (Å²) in [6.45, 7) is 3.80. The van der Waals surface area contributed by atoms with Crippen LogP contribution in [0.1, 0.15) is 34.5 Å². The number of allylic oxidation sites excluding steroid dienone is 1. The molecule has 0 aliphatic carbocycles. The minimum absolute atomic E-state index is 0.00511. The number of nitrogens with one attached hydrogen (secondary N) is 3. The van der Waals surface area contributed by atoms with Gasteiger partial charge in [0.2, 0.25) is 0 Å². The van der Waals surface area contributed by atoms with Crippen LogP contribution in [0.3, 0.4) is 0 Å². The van der Waals surface area contributed by atoms with Crippen molar-refractivity contribution in [2.24, 2.45) is 0 Å². The van der Waals surface area contributed by atoms with Crippen LogP contribution in [-0.4, -0.2) is 48.6 Å². The minimum Gasteiger partial charge on any atom is -0.387 e. The van der Waals surface area contributed by atoms with Crippen molar-refractivity contribution in [1.29, 1.82) is 0 Å². The van der Waals surface area contributed by atoms with Crippen LogP contribution in [-0.2, 0) is 6.42 Å². The second-order valence-corrected chi connectivity index (χ2v) is 8.07. The number of hydrazine groups is 1. The number of carbonyl (C=O) groups is 1. The van der Waals surface area contributed by atoms with Gasteiger partial charge in [0.15, 0.2) is 0 Å². The fourth-order valence-electron chi connectivity index (χ4n) is 3.38. The molecular formula is C23H29ClN4O2. The van der Waals surface area contributed by atoms with Crippen molar-refractivity contribution in [1.82, 2.24) is 21.1 Å². The molecule has 2 aromatic rings. The van der Waals surface area contributed by atoms with Gasteiger partial charge in [-0.2, -0.15) is 0 Å². The van der Waals surface area contributed by atoms with Crippen LogP contribution in [0.5, 0.6) is 0 Å². The highest BCUT2D eigenvalue weighted by Crippen LogP contribution is 2.16. The Morgan fingerprint density at radius 3 is 2.53 bits per heavy atom. The highest BCUT2D eigenvalue weighted by atomic mass is 35.5. The number of amides is 1. The highest BCUT2D eigenvalue weighted by molar-refractivity contribution is 6.30. The van der Waals surface area contributed by atoms with Crippen molar-refractivity contribution < 1.29 is 9.90 Å². The van der Waals surface area contributed by atoms with E-state index in [1.807, 2.05) is 50.4 Å². The molecule has 30 heavy (non-hydrogen) atoms. The van der Waals surface area contributed by atoms with Gasteiger partial charge in [0.05, 0.1) is 12.1 Å². The summed E-state index contributed by atoms with van der Waals surface area (Å²) < 4.78 is 0. The van der Waals surface area contributed by atoms with Gasteiger partial charge in [0.25, 0.3) is 5.91 Å². The summed E-state index contributed by atoms with van der Waals surface area (Å²) in [4.78, 5) is 14.4. The molecular weight excluding hydrogens is 400 g/mol. The predicted octanol–water partition coefficient (Wildman–Crippen LogP) is 2.66. The van der Waals surface area contributed by atoms with E-state index in [4.69, 9.17) is 11.6 Å². The lowest BCUT2D eigenvalue weighted by Gasteiger charge is -2.20. The average Bonchev–Trinajstić information content (AvgIpc) is 3.16. The van der Waals surface area contributed by atoms with Crippen molar-refractivity contribution in [3.63, 3.8) is 0 Å². The molecule has 1 aliphatic rings. The summed E-state index contributed by atoms with van der Waals surface area (Å²) >= 11 is 5.87. The number of aliphatic hydroxyl groups excluding tert-OH is 1. The molecule has 0 spiro atoms. The van der Waals surface area contributed by atoms with E-state index in [0.717, 1.165) is 29.8 Å². The van der Waals surface area contributed by atoms with E-state index < -0.39 is 6.10 Å². The molecule has 0 bridgehead atoms. The Kier molecular flexibility index (Phi) is 7.87. The zero-order valence-corrected chi connectivity index (χ0v) is 18.1. The van der Waals surface area contributed by atoms with Crippen LogP contribution in [0, 0.1) is 0 Å². The number of nitrogens with zero attached hydrogens (tertiary/aromatic N) is 1. The van der Waals surface area contributed by atoms with E-state index in [0.29, 0.717) is 23.7 Å². The Labute approximate surface area is 182 Å². The standard InChI is InChI=1S/C23H29ClN4O2/c1-16-13-21(27-26-16)15-28(2)23(30)19-5-3-17(4-6-19)11-12-25-14-22(29)18-7-9-20(24)10-8-18/h3-10,13,21-22,25-27,29H,11-12,14-15H2,1-2H3. The fraction of sp³-hybridized carbons (Fsp3) is 0.348. The lowest BCUT2D eigenvalue weighted by Crippen LogP contribution is -2.41. The van der Waals surface area contributed by atoms with Crippen molar-refractivity contribution >= 4 is 17.5 Å². The van der Waals surface area contributed by atoms with Gasteiger partial charge in [-0.15, -0.1) is 0 Å². The molecule has 7 heteroatoms. The first-order chi connectivity index (χ1) is 14.4. The molecule has 0 aromatic heterocycles. The van der Waals surface area contributed by atoms with Crippen molar-refractivity contribution in [2.45, 2.75) is 25.5 Å². The van der Waals surface area contributed by atoms with Crippen molar-refractivity contribution in [3.8, 4) is 0 Å². The number of rotatable bonds is 9. The van der Waals surface area contributed by atoms with Gasteiger partial charge in [0, 0.05) is 36.4 Å². The van der Waals surface area contributed by atoms with Crippen LogP contribution in [0.2, 0.25) is 5.02 Å². The van der Waals surface area contributed by atoms with E-state index in [2.05, 4.69) is 22.2 Å². The molecule has 6 nitrogen and oxygen atoms in total. The van der Waals surface area contributed by atoms with Gasteiger partial charge in [0.1, 0.15) is 0 Å². The maximum atomic E-state index is 12.6. The molecule has 3 rings (SSSR count). The van der Waals surface area contributed by atoms with Crippen LogP contribution < -0.4 is 16.2 Å². The third-order valence-corrected chi connectivity index (χ3v) is 5.36. The number of likely N-dealkylation sites (N-methyl/N-ethyl adjacent to an activating group) is 1. The first kappa shape index (κ1) is 22.3. The Morgan fingerprint density at radius 2 is 1.90 bits per heavy atom. The van der Waals surface area contributed by atoms with E-state index in [1.165, 1.54) is 0 Å². The predicted molar refractivity (Wildman–Crippen MR) is 120 cm³/mol. The summed E-state index contributed by atoms with van der Waals surface area (Å²) in [5.41, 5.74) is 9.92. The minimum atomic E-state index is -0.569. The highest BCUT2D eigenvalue weighted by Gasteiger charge is 2.18. The average molecular weight is 429 g/mol. The van der Waals surface area contributed by atoms with E-state index in [1.54, 1.807) is 17.0 Å². The van der Waals surface area contributed by atoms with E-state index in [9.17, 15) is 9.90 Å². The Morgan fingerprint density at radius 1 is 1.20 bits per heavy atom. The fourth-order valence-corrected chi connectivity index (χ4v) is 3.50. The quantitative estimate of drug-likeness (QED) is 0.462. The maximum Gasteiger partial charge on any atom is 0.253 e. The molecule has 1 aliphatic heterocycles. The number of hydrogen-bond donors (Lipinski definition) is 4. The Hall–Kier alpha value is -2.38. The van der Waals surface area contributed by atoms with Crippen LogP contribution in [0.25, 0.3) is 0 Å². The molecule has 2 aromatic carbocycles. The molecule has 0 radical (unpaired) electrons. The van der Waals surface area contributed by atoms with Crippen LogP contribution >= 0.6 is 11.6 Å². The first-order valence-electron chi connectivity index (χ1n) is 10.1. The molecule has 4 N–H and O–H groups in total. The SMILES string of the molecule is CC1=CC(CN(C)C(=O)c2ccc(CCNCC(O)c3ccc(Cl)cc3)cc2)NN1. The van der Waals surface area contributed by atoms with Gasteiger partial charge >= 0.3 is 0 Å². The van der Waals surface area contributed by atoms with Gasteiger partial charge in [-0.25, -0.2) is 5.43 Å². The van der Waals surface area contributed by atoms with Crippen molar-refractivity contribution in [3.05, 3.63) is 82.0 Å². The largest absolute Gasteiger partial charge is 0.387 e. The monoisotopic (exact) mass is 428 g/mol. The Balaban J connectivity index is 1.41. The topological polar surface area (TPSA) is 76.6 Å². The zero-order valence-electron chi connectivity index (χ0n) is 17.4. The maximum absolute atomic E-state index is 12.6. The second kappa shape index (κ2) is 10.6. The van der Waals surface area contributed by atoms with Crippen LogP contribution in [0.4, 0.5) is 0 Å². The van der Waals surface area contributed by atoms with Gasteiger partial charge in [-0.1, -0.05) is 35.9 Å². The molecule has 2 atom stereocenters. The van der Waals surface area contributed by atoms with E-state index >= 15 is 0 Å². The smallest absolute Gasteiger partial charge is 0.253 e. The second-order valence-electron chi connectivity index (χ2n) is 7.63. The summed E-state index contributed by atoms with van der Waals surface area (Å²) in [7, 11) is 1.81. The zero-order chi connectivity index (χ0) is 21.5. The number of halogens is 1. The molecule has 2 unspecified atom stereocenters. The number of carbonyl (C=O) groups excluding carboxylic acids is 1. The first-order valence-corrected chi connectivity index (χ1v) is 10.5. The molecule has 0 saturated heterocycles. The van der Waals surface area contributed by atoms with E-state index in [-0.39, 0.29) is 11.9 Å². The molecule has 1 heterocycles. The van der Waals surface area contributed by atoms with Crippen molar-refractivity contribution in [2.75, 3.05) is 26.7 Å². The normalized spacial score (nSPS) is 16.7. The van der Waals surface area contributed by atoms with Gasteiger partial charge in [-0.3, -0.25) is 4.79 Å². The molecule has 0 fully saturated rings. The molecule has 0 saturated carbocycles. The van der Waals surface area contributed by atoms with Crippen LogP contribution in [0.15, 0.2) is 60.3 Å². The summed E-state index contributed by atoms with van der Waals surface area (Å²) in [6.07, 6.45) is 2.32. The van der Waals surface area contributed by atoms with Gasteiger partial charge in [-0.05, 0) is 61.4 Å². The molecule has 1 amide bonds. The number of aliphatic hydroxyl groups is 1. The lowest BCUT2D eigenvalue weighted by atomic mass is 10.1. The number of benzene rings is 2. The number of hydrogen-bond acceptors (Lipinski definition) is 5. The summed E-state index contributed by atoms with van der Waals surface area (Å²) in [5, 5.41) is 14.1. The third-order valence-electron chi connectivity index (χ3n) is 5.11. The third kappa shape index (κ3) is 6.31. The molecule has 160 valence electrons.